The minimum absolute atomic E-state index is 0.216. The van der Waals surface area contributed by atoms with Crippen LogP contribution in [0, 0.1) is 5.41 Å². The highest BCUT2D eigenvalue weighted by molar-refractivity contribution is 6.76. The quantitative estimate of drug-likeness (QED) is 0.0988. The number of ether oxygens (including phenoxy) is 2. The Morgan fingerprint density at radius 1 is 1.06 bits per heavy atom. The Kier molecular flexibility index (Phi) is 10.5. The van der Waals surface area contributed by atoms with Gasteiger partial charge in [0.2, 0.25) is 0 Å². The molecule has 1 unspecified atom stereocenters. The van der Waals surface area contributed by atoms with Gasteiger partial charge in [-0.2, -0.15) is 0 Å². The number of rotatable bonds is 12. The van der Waals surface area contributed by atoms with E-state index in [2.05, 4.69) is 73.0 Å². The van der Waals surface area contributed by atoms with Crippen LogP contribution in [0.1, 0.15) is 48.5 Å². The summed E-state index contributed by atoms with van der Waals surface area (Å²) in [6, 6.07) is 19.0. The van der Waals surface area contributed by atoms with Crippen LogP contribution in [0.25, 0.3) is 22.3 Å². The van der Waals surface area contributed by atoms with Crippen molar-refractivity contribution < 1.29 is 19.4 Å². The number of fused-ring (bicyclic) bond motifs is 3. The molecule has 2 N–H and O–H groups in total. The second kappa shape index (κ2) is 15.3. The molecule has 53 heavy (non-hydrogen) atoms. The highest BCUT2D eigenvalue weighted by Crippen LogP contribution is 2.39. The van der Waals surface area contributed by atoms with Gasteiger partial charge in [-0.15, -0.1) is 0 Å². The summed E-state index contributed by atoms with van der Waals surface area (Å²) in [5, 5.41) is 12.5. The van der Waals surface area contributed by atoms with Crippen molar-refractivity contribution in [3.8, 4) is 16.9 Å². The van der Waals surface area contributed by atoms with Gasteiger partial charge in [-0.05, 0) is 66.5 Å². The van der Waals surface area contributed by atoms with E-state index < -0.39 is 14.2 Å². The summed E-state index contributed by atoms with van der Waals surface area (Å²) in [6.07, 6.45) is 6.54. The third-order valence-electron chi connectivity index (χ3n) is 10.3. The number of imidazole rings is 1. The van der Waals surface area contributed by atoms with Gasteiger partial charge in [0, 0.05) is 62.3 Å². The van der Waals surface area contributed by atoms with Crippen LogP contribution in [0.3, 0.4) is 0 Å². The molecule has 1 amide bonds. The van der Waals surface area contributed by atoms with Crippen molar-refractivity contribution in [2.24, 2.45) is 5.41 Å². The second-order valence-electron chi connectivity index (χ2n) is 16.5. The smallest absolute Gasteiger partial charge is 0.404 e. The lowest BCUT2D eigenvalue weighted by Crippen LogP contribution is -2.37. The number of carbonyl (C=O) groups is 1. The molecule has 11 nitrogen and oxygen atoms in total. The minimum atomic E-state index is -1.29. The van der Waals surface area contributed by atoms with Crippen LogP contribution in [0.15, 0.2) is 67.1 Å². The zero-order chi connectivity index (χ0) is 37.2. The highest BCUT2D eigenvalue weighted by Gasteiger charge is 2.31. The number of carboxylic acid groups (broad SMARTS) is 1. The van der Waals surface area contributed by atoms with Gasteiger partial charge in [-0.25, -0.2) is 24.7 Å². The first kappa shape index (κ1) is 36.5. The molecule has 2 aliphatic rings. The molecule has 1 atom stereocenters. The van der Waals surface area contributed by atoms with E-state index in [1.54, 1.807) is 6.33 Å². The highest BCUT2D eigenvalue weighted by atomic mass is 28.3. The van der Waals surface area contributed by atoms with E-state index in [1.165, 1.54) is 11.3 Å². The topological polar surface area (TPSA) is 128 Å². The van der Waals surface area contributed by atoms with Crippen molar-refractivity contribution >= 4 is 31.1 Å². The molecule has 0 fully saturated rings. The van der Waals surface area contributed by atoms with Crippen LogP contribution in [0.2, 0.25) is 25.7 Å². The average Bonchev–Trinajstić information content (AvgIpc) is 3.29. The number of hydrogen-bond donors (Lipinski definition) is 2. The Morgan fingerprint density at radius 2 is 1.89 bits per heavy atom. The van der Waals surface area contributed by atoms with Gasteiger partial charge in [0.15, 0.2) is 5.65 Å². The standard InChI is InChI=1S/C41H51N7O4Si/c1-41(2)14-13-34-33(23-41)38(44-26-43-34)47-15-16-52-36-12-11-29(20-31(36)25-47)30-21-35-39(42-24-30)48(27-51-17-18-53(3,4)5)37(46-35)22-32(45-40(49)50)19-28-9-7-6-8-10-28/h6-12,20-21,24,26,32,45H,13-19,22-23,25,27H2,1-5H3,(H,49,50). The predicted octanol–water partition coefficient (Wildman–Crippen LogP) is 7.54. The molecule has 5 aromatic rings. The molecule has 0 saturated heterocycles. The maximum absolute atomic E-state index is 11.9. The second-order valence-corrected chi connectivity index (χ2v) is 22.1. The zero-order valence-corrected chi connectivity index (χ0v) is 32.6. The number of pyridine rings is 1. The summed E-state index contributed by atoms with van der Waals surface area (Å²) in [4.78, 5) is 33.7. The molecule has 0 radical (unpaired) electrons. The Hall–Kier alpha value is -4.81. The summed E-state index contributed by atoms with van der Waals surface area (Å²) in [7, 11) is -1.29. The molecule has 278 valence electrons. The number of amides is 1. The van der Waals surface area contributed by atoms with Crippen molar-refractivity contribution in [1.82, 2.24) is 29.8 Å². The number of benzene rings is 2. The van der Waals surface area contributed by atoms with Gasteiger partial charge in [-0.3, -0.25) is 4.57 Å². The lowest BCUT2D eigenvalue weighted by molar-refractivity contribution is 0.0872. The molecular weight excluding hydrogens is 683 g/mol. The largest absolute Gasteiger partial charge is 0.491 e. The summed E-state index contributed by atoms with van der Waals surface area (Å²) in [5.41, 5.74) is 8.20. The van der Waals surface area contributed by atoms with Gasteiger partial charge in [0.25, 0.3) is 0 Å². The first-order valence-corrected chi connectivity index (χ1v) is 22.4. The third kappa shape index (κ3) is 8.88. The van der Waals surface area contributed by atoms with Crippen LogP contribution in [0.5, 0.6) is 5.75 Å². The van der Waals surface area contributed by atoms with Crippen molar-refractivity contribution in [2.45, 2.75) is 91.0 Å². The third-order valence-corrected chi connectivity index (χ3v) is 12.0. The van der Waals surface area contributed by atoms with Crippen molar-refractivity contribution in [3.63, 3.8) is 0 Å². The maximum atomic E-state index is 11.9. The number of nitrogens with zero attached hydrogens (tertiary/aromatic N) is 6. The fourth-order valence-corrected chi connectivity index (χ4v) is 8.15. The van der Waals surface area contributed by atoms with E-state index in [9.17, 15) is 9.90 Å². The fourth-order valence-electron chi connectivity index (χ4n) is 7.39. The summed E-state index contributed by atoms with van der Waals surface area (Å²) in [6.45, 7) is 14.6. The van der Waals surface area contributed by atoms with E-state index in [0.29, 0.717) is 45.0 Å². The van der Waals surface area contributed by atoms with E-state index in [-0.39, 0.29) is 11.5 Å². The number of hydrogen-bond acceptors (Lipinski definition) is 8. The normalized spacial score (nSPS) is 16.0. The lowest BCUT2D eigenvalue weighted by atomic mass is 9.76. The minimum Gasteiger partial charge on any atom is -0.491 e. The van der Waals surface area contributed by atoms with Crippen molar-refractivity contribution in [3.05, 3.63) is 95.3 Å². The molecule has 3 aromatic heterocycles. The SMILES string of the molecule is CC1(C)CCc2ncnc(N3CCOc4ccc(-c5cnc6c(c5)nc(CC(Cc5ccccc5)NC(=O)O)n6COCC[Si](C)(C)C)cc4C3)c2C1. The molecule has 1 aliphatic carbocycles. The monoisotopic (exact) mass is 733 g/mol. The first-order valence-electron chi connectivity index (χ1n) is 18.7. The molecule has 2 aromatic carbocycles. The molecule has 4 heterocycles. The number of nitrogens with one attached hydrogen (secondary N) is 1. The zero-order valence-electron chi connectivity index (χ0n) is 31.6. The maximum Gasteiger partial charge on any atom is 0.404 e. The molecular formula is C41H51N7O4Si. The summed E-state index contributed by atoms with van der Waals surface area (Å²) < 4.78 is 14.5. The molecule has 12 heteroatoms. The summed E-state index contributed by atoms with van der Waals surface area (Å²) >= 11 is 0. The van der Waals surface area contributed by atoms with Crippen LogP contribution < -0.4 is 15.0 Å². The number of aromatic nitrogens is 5. The van der Waals surface area contributed by atoms with Crippen LogP contribution in [-0.4, -0.2) is 69.6 Å². The van der Waals surface area contributed by atoms with Gasteiger partial charge in [0.05, 0.1) is 6.54 Å². The Balaban J connectivity index is 1.19. The molecule has 0 saturated carbocycles. The Bertz CT molecular complexity index is 2080. The number of anilines is 1. The van der Waals surface area contributed by atoms with E-state index in [1.807, 2.05) is 41.1 Å². The first-order chi connectivity index (χ1) is 25.4. The Labute approximate surface area is 312 Å². The lowest BCUT2D eigenvalue weighted by Gasteiger charge is -2.33. The van der Waals surface area contributed by atoms with E-state index >= 15 is 0 Å². The Morgan fingerprint density at radius 3 is 2.68 bits per heavy atom. The van der Waals surface area contributed by atoms with Crippen LogP contribution in [0.4, 0.5) is 10.6 Å². The fraction of sp³-hybridized carbons (Fsp3) is 0.439. The number of aryl methyl sites for hydroxylation is 1. The van der Waals surface area contributed by atoms with Crippen molar-refractivity contribution in [2.75, 3.05) is 24.7 Å². The predicted molar refractivity (Wildman–Crippen MR) is 210 cm³/mol. The molecule has 1 aliphatic heterocycles. The van der Waals surface area contributed by atoms with E-state index in [0.717, 1.165) is 77.0 Å². The molecule has 0 spiro atoms. The average molecular weight is 734 g/mol. The van der Waals surface area contributed by atoms with Gasteiger partial charge in [0.1, 0.15) is 42.6 Å². The van der Waals surface area contributed by atoms with Gasteiger partial charge >= 0.3 is 6.09 Å². The van der Waals surface area contributed by atoms with Gasteiger partial charge < -0.3 is 24.8 Å². The van der Waals surface area contributed by atoms with Gasteiger partial charge in [-0.1, -0.05) is 69.9 Å². The van der Waals surface area contributed by atoms with Crippen LogP contribution >= 0.6 is 0 Å². The van der Waals surface area contributed by atoms with E-state index in [4.69, 9.17) is 24.4 Å². The molecule has 7 rings (SSSR count). The van der Waals surface area contributed by atoms with Crippen molar-refractivity contribution in [1.29, 1.82) is 0 Å². The molecule has 0 bridgehead atoms. The van der Waals surface area contributed by atoms with Crippen LogP contribution in [-0.2, 0) is 43.7 Å². The summed E-state index contributed by atoms with van der Waals surface area (Å²) in [5.74, 6) is 2.63.